The van der Waals surface area contributed by atoms with Crippen LogP contribution in [-0.2, 0) is 0 Å². The van der Waals surface area contributed by atoms with E-state index in [1.54, 1.807) is 0 Å². The summed E-state index contributed by atoms with van der Waals surface area (Å²) in [5, 5.41) is 3.54. The molecule has 0 aromatic carbocycles. The molecule has 3 atom stereocenters. The van der Waals surface area contributed by atoms with Crippen molar-refractivity contribution in [2.75, 3.05) is 13.1 Å². The Morgan fingerprint density at radius 1 is 1.29 bits per heavy atom. The third-order valence-electron chi connectivity index (χ3n) is 4.39. The molecule has 0 amide bonds. The summed E-state index contributed by atoms with van der Waals surface area (Å²) in [4.78, 5) is 0. The lowest BCUT2D eigenvalue weighted by atomic mass is 9.69. The predicted molar refractivity (Wildman–Crippen MR) is 77.1 cm³/mol. The number of nitrogens with one attached hydrogen (secondary N) is 1. The molecule has 1 aliphatic rings. The minimum atomic E-state index is 0.850. The van der Waals surface area contributed by atoms with Crippen molar-refractivity contribution in [3.05, 3.63) is 12.2 Å². The van der Waals surface area contributed by atoms with Gasteiger partial charge in [0.1, 0.15) is 0 Å². The molecule has 0 radical (unpaired) electrons. The van der Waals surface area contributed by atoms with Crippen LogP contribution in [0.5, 0.6) is 0 Å². The van der Waals surface area contributed by atoms with Crippen molar-refractivity contribution in [2.24, 2.45) is 23.7 Å². The van der Waals surface area contributed by atoms with E-state index < -0.39 is 0 Å². The van der Waals surface area contributed by atoms with Crippen LogP contribution in [0.25, 0.3) is 0 Å². The quantitative estimate of drug-likeness (QED) is 0.681. The van der Waals surface area contributed by atoms with Gasteiger partial charge >= 0.3 is 0 Å². The molecule has 0 heterocycles. The van der Waals surface area contributed by atoms with Gasteiger partial charge in [-0.25, -0.2) is 0 Å². The van der Waals surface area contributed by atoms with E-state index in [4.69, 9.17) is 0 Å². The minimum Gasteiger partial charge on any atom is -0.317 e. The van der Waals surface area contributed by atoms with E-state index in [1.165, 1.54) is 37.8 Å². The standard InChI is InChI=1S/C16H31N/c1-6-17-11-15-8-7-14(13(4)5)10-16(15)9-12(2)3/h13-17H,2,6-11H2,1,3-5H3. The van der Waals surface area contributed by atoms with E-state index in [9.17, 15) is 0 Å². The molecule has 0 aliphatic heterocycles. The van der Waals surface area contributed by atoms with Crippen molar-refractivity contribution in [2.45, 2.75) is 53.4 Å². The van der Waals surface area contributed by atoms with Crippen LogP contribution in [0.3, 0.4) is 0 Å². The lowest BCUT2D eigenvalue weighted by molar-refractivity contribution is 0.145. The summed E-state index contributed by atoms with van der Waals surface area (Å²) in [6.07, 6.45) is 5.49. The molecule has 1 nitrogen and oxygen atoms in total. The van der Waals surface area contributed by atoms with Gasteiger partial charge in [-0.05, 0) is 69.4 Å². The molecular weight excluding hydrogens is 206 g/mol. The SMILES string of the molecule is C=C(C)CC1CC(C(C)C)CCC1CNCC. The molecule has 0 bridgehead atoms. The fourth-order valence-electron chi connectivity index (χ4n) is 3.26. The van der Waals surface area contributed by atoms with Crippen molar-refractivity contribution in [1.82, 2.24) is 5.32 Å². The number of allylic oxidation sites excluding steroid dienone is 1. The molecule has 0 aromatic heterocycles. The molecule has 100 valence electrons. The molecule has 0 aromatic rings. The van der Waals surface area contributed by atoms with Gasteiger partial charge in [0.25, 0.3) is 0 Å². The fraction of sp³-hybridized carbons (Fsp3) is 0.875. The van der Waals surface area contributed by atoms with E-state index in [-0.39, 0.29) is 0 Å². The first kappa shape index (κ1) is 14.8. The average Bonchev–Trinajstić information content (AvgIpc) is 2.26. The van der Waals surface area contributed by atoms with E-state index in [1.807, 2.05) is 0 Å². The molecule has 1 fully saturated rings. The van der Waals surface area contributed by atoms with Crippen molar-refractivity contribution in [3.8, 4) is 0 Å². The average molecular weight is 237 g/mol. The summed E-state index contributed by atoms with van der Waals surface area (Å²) in [6, 6.07) is 0. The molecule has 3 unspecified atom stereocenters. The lowest BCUT2D eigenvalue weighted by Gasteiger charge is -2.38. The van der Waals surface area contributed by atoms with Crippen molar-refractivity contribution < 1.29 is 0 Å². The van der Waals surface area contributed by atoms with Gasteiger partial charge in [0.2, 0.25) is 0 Å². The van der Waals surface area contributed by atoms with Crippen LogP contribution in [0, 0.1) is 23.7 Å². The molecule has 1 rings (SSSR count). The Morgan fingerprint density at radius 2 is 2.00 bits per heavy atom. The zero-order chi connectivity index (χ0) is 12.8. The smallest absolute Gasteiger partial charge is 0.00179 e. The van der Waals surface area contributed by atoms with E-state index in [0.717, 1.165) is 30.2 Å². The summed E-state index contributed by atoms with van der Waals surface area (Å²) in [5.41, 5.74) is 1.36. The molecule has 1 aliphatic carbocycles. The highest BCUT2D eigenvalue weighted by molar-refractivity contribution is 4.95. The molecule has 1 saturated carbocycles. The van der Waals surface area contributed by atoms with E-state index in [2.05, 4.69) is 39.6 Å². The van der Waals surface area contributed by atoms with Crippen molar-refractivity contribution in [1.29, 1.82) is 0 Å². The summed E-state index contributed by atoms with van der Waals surface area (Å²) in [6.45, 7) is 15.6. The summed E-state index contributed by atoms with van der Waals surface area (Å²) >= 11 is 0. The molecule has 0 saturated heterocycles. The minimum absolute atomic E-state index is 0.850. The van der Waals surface area contributed by atoms with Gasteiger partial charge in [-0.3, -0.25) is 0 Å². The van der Waals surface area contributed by atoms with Crippen LogP contribution >= 0.6 is 0 Å². The van der Waals surface area contributed by atoms with Gasteiger partial charge in [0, 0.05) is 0 Å². The Balaban J connectivity index is 2.55. The maximum Gasteiger partial charge on any atom is -0.00179 e. The first-order valence-electron chi connectivity index (χ1n) is 7.39. The largest absolute Gasteiger partial charge is 0.317 e. The second kappa shape index (κ2) is 7.20. The van der Waals surface area contributed by atoms with Gasteiger partial charge in [0.15, 0.2) is 0 Å². The van der Waals surface area contributed by atoms with E-state index >= 15 is 0 Å². The van der Waals surface area contributed by atoms with Crippen LogP contribution in [0.15, 0.2) is 12.2 Å². The first-order valence-corrected chi connectivity index (χ1v) is 7.39. The van der Waals surface area contributed by atoms with Crippen LogP contribution in [0.1, 0.15) is 53.4 Å². The van der Waals surface area contributed by atoms with Crippen LogP contribution < -0.4 is 5.32 Å². The Labute approximate surface area is 108 Å². The normalized spacial score (nSPS) is 29.6. The summed E-state index contributed by atoms with van der Waals surface area (Å²) in [5.74, 6) is 3.54. The van der Waals surface area contributed by atoms with Crippen LogP contribution in [0.2, 0.25) is 0 Å². The van der Waals surface area contributed by atoms with Crippen molar-refractivity contribution in [3.63, 3.8) is 0 Å². The van der Waals surface area contributed by atoms with Gasteiger partial charge in [-0.15, -0.1) is 6.58 Å². The number of rotatable bonds is 6. The third-order valence-corrected chi connectivity index (χ3v) is 4.39. The number of hydrogen-bond acceptors (Lipinski definition) is 1. The first-order chi connectivity index (χ1) is 8.04. The molecular formula is C16H31N. The van der Waals surface area contributed by atoms with Gasteiger partial charge in [0.05, 0.1) is 0 Å². The molecule has 1 heteroatoms. The lowest BCUT2D eigenvalue weighted by Crippen LogP contribution is -2.34. The Kier molecular flexibility index (Phi) is 6.26. The second-order valence-electron chi connectivity index (χ2n) is 6.31. The maximum absolute atomic E-state index is 4.11. The Morgan fingerprint density at radius 3 is 2.53 bits per heavy atom. The monoisotopic (exact) mass is 237 g/mol. The summed E-state index contributed by atoms with van der Waals surface area (Å²) < 4.78 is 0. The van der Waals surface area contributed by atoms with Crippen LogP contribution in [-0.4, -0.2) is 13.1 Å². The fourth-order valence-corrected chi connectivity index (χ4v) is 3.26. The maximum atomic E-state index is 4.11. The number of hydrogen-bond donors (Lipinski definition) is 1. The van der Waals surface area contributed by atoms with E-state index in [0.29, 0.717) is 0 Å². The molecule has 0 spiro atoms. The molecule has 1 N–H and O–H groups in total. The predicted octanol–water partition coefficient (Wildman–Crippen LogP) is 4.25. The zero-order valence-electron chi connectivity index (χ0n) is 12.3. The highest BCUT2D eigenvalue weighted by atomic mass is 14.8. The third kappa shape index (κ3) is 4.83. The van der Waals surface area contributed by atoms with Gasteiger partial charge in [-0.1, -0.05) is 26.3 Å². The summed E-state index contributed by atoms with van der Waals surface area (Å²) in [7, 11) is 0. The highest BCUT2D eigenvalue weighted by Gasteiger charge is 2.31. The molecule has 17 heavy (non-hydrogen) atoms. The van der Waals surface area contributed by atoms with Crippen molar-refractivity contribution >= 4 is 0 Å². The Bertz CT molecular complexity index is 232. The van der Waals surface area contributed by atoms with Gasteiger partial charge in [-0.2, -0.15) is 0 Å². The second-order valence-corrected chi connectivity index (χ2v) is 6.31. The highest BCUT2D eigenvalue weighted by Crippen LogP contribution is 2.39. The van der Waals surface area contributed by atoms with Gasteiger partial charge < -0.3 is 5.32 Å². The Hall–Kier alpha value is -0.300. The zero-order valence-corrected chi connectivity index (χ0v) is 12.3. The topological polar surface area (TPSA) is 12.0 Å². The van der Waals surface area contributed by atoms with Crippen LogP contribution in [0.4, 0.5) is 0 Å².